The number of rotatable bonds is 6. The molecular weight excluding hydrogens is 555 g/mol. The van der Waals surface area contributed by atoms with Gasteiger partial charge >= 0.3 is 0 Å². The first kappa shape index (κ1) is 27.9. The molecule has 1 nitrogen and oxygen atoms in total. The summed E-state index contributed by atoms with van der Waals surface area (Å²) in [6, 6.07) is 63.8. The summed E-state index contributed by atoms with van der Waals surface area (Å²) in [7, 11) is 0. The van der Waals surface area contributed by atoms with E-state index in [-0.39, 0.29) is 5.41 Å². The Morgan fingerprint density at radius 1 is 0.326 bits per heavy atom. The maximum Gasteiger partial charge on any atom is 0.0465 e. The molecule has 7 aromatic carbocycles. The van der Waals surface area contributed by atoms with Gasteiger partial charge in [0.2, 0.25) is 0 Å². The van der Waals surface area contributed by atoms with Crippen molar-refractivity contribution < 1.29 is 0 Å². The summed E-state index contributed by atoms with van der Waals surface area (Å²) >= 11 is 0. The molecule has 46 heavy (non-hydrogen) atoms. The third kappa shape index (κ3) is 4.91. The van der Waals surface area contributed by atoms with Gasteiger partial charge in [0.15, 0.2) is 0 Å². The summed E-state index contributed by atoms with van der Waals surface area (Å²) in [5, 5.41) is 0. The smallest absolute Gasteiger partial charge is 0.0465 e. The summed E-state index contributed by atoms with van der Waals surface area (Å²) in [5.41, 5.74) is 16.1. The van der Waals surface area contributed by atoms with Gasteiger partial charge in [0.1, 0.15) is 0 Å². The van der Waals surface area contributed by atoms with Gasteiger partial charge < -0.3 is 4.90 Å². The predicted octanol–water partition coefficient (Wildman–Crippen LogP) is 12.5. The number of benzene rings is 7. The molecule has 7 aromatic rings. The molecular formula is C45H35N. The van der Waals surface area contributed by atoms with E-state index in [2.05, 4.69) is 195 Å². The van der Waals surface area contributed by atoms with Gasteiger partial charge in [-0.3, -0.25) is 0 Å². The zero-order valence-electron chi connectivity index (χ0n) is 26.2. The van der Waals surface area contributed by atoms with Crippen LogP contribution < -0.4 is 4.90 Å². The molecule has 0 unspecified atom stereocenters. The molecule has 0 aromatic heterocycles. The standard InChI is InChI=1S/C45H35N/c1-45(2)43-19-10-9-18-41(43)42-29-28-40(31-44(42)45)46(38-24-20-34(21-25-38)32-12-5-3-6-13-32)39-26-22-35(23-27-39)37-17-11-16-36(30-37)33-14-7-4-8-15-33/h3-31H,1-2H3. The third-order valence-corrected chi connectivity index (χ3v) is 9.49. The van der Waals surface area contributed by atoms with Gasteiger partial charge in [-0.05, 0) is 98.1 Å². The lowest BCUT2D eigenvalue weighted by molar-refractivity contribution is 0.660. The molecule has 0 aliphatic heterocycles. The molecule has 220 valence electrons. The normalized spacial score (nSPS) is 12.7. The molecule has 0 radical (unpaired) electrons. The van der Waals surface area contributed by atoms with Crippen molar-refractivity contribution in [1.29, 1.82) is 0 Å². The van der Waals surface area contributed by atoms with Crippen LogP contribution in [0.2, 0.25) is 0 Å². The highest BCUT2D eigenvalue weighted by molar-refractivity contribution is 5.86. The van der Waals surface area contributed by atoms with Crippen LogP contribution >= 0.6 is 0 Å². The average molecular weight is 590 g/mol. The molecule has 8 rings (SSSR count). The molecule has 0 heterocycles. The van der Waals surface area contributed by atoms with E-state index in [0.29, 0.717) is 0 Å². The number of hydrogen-bond acceptors (Lipinski definition) is 1. The fourth-order valence-corrected chi connectivity index (χ4v) is 7.02. The number of hydrogen-bond donors (Lipinski definition) is 0. The van der Waals surface area contributed by atoms with E-state index in [1.54, 1.807) is 0 Å². The zero-order chi connectivity index (χ0) is 31.1. The van der Waals surface area contributed by atoms with E-state index >= 15 is 0 Å². The van der Waals surface area contributed by atoms with Crippen molar-refractivity contribution in [2.75, 3.05) is 4.90 Å². The zero-order valence-corrected chi connectivity index (χ0v) is 26.2. The highest BCUT2D eigenvalue weighted by Gasteiger charge is 2.35. The van der Waals surface area contributed by atoms with E-state index in [4.69, 9.17) is 0 Å². The maximum atomic E-state index is 2.40. The predicted molar refractivity (Wildman–Crippen MR) is 195 cm³/mol. The van der Waals surface area contributed by atoms with Gasteiger partial charge in [-0.15, -0.1) is 0 Å². The highest BCUT2D eigenvalue weighted by Crippen LogP contribution is 2.50. The lowest BCUT2D eigenvalue weighted by Gasteiger charge is -2.28. The van der Waals surface area contributed by atoms with Crippen LogP contribution in [0.25, 0.3) is 44.5 Å². The Kier molecular flexibility index (Phi) is 6.88. The second kappa shape index (κ2) is 11.4. The van der Waals surface area contributed by atoms with Gasteiger partial charge in [0.25, 0.3) is 0 Å². The average Bonchev–Trinajstić information content (AvgIpc) is 3.35. The quantitative estimate of drug-likeness (QED) is 0.186. The van der Waals surface area contributed by atoms with Crippen molar-refractivity contribution in [2.45, 2.75) is 19.3 Å². The monoisotopic (exact) mass is 589 g/mol. The molecule has 0 bridgehead atoms. The van der Waals surface area contributed by atoms with E-state index in [1.807, 2.05) is 0 Å². The number of anilines is 3. The van der Waals surface area contributed by atoms with Crippen LogP contribution in [-0.4, -0.2) is 0 Å². The lowest BCUT2D eigenvalue weighted by atomic mass is 9.82. The Hall–Kier alpha value is -5.66. The first-order valence-corrected chi connectivity index (χ1v) is 16.0. The van der Waals surface area contributed by atoms with Gasteiger partial charge in [-0.1, -0.05) is 147 Å². The molecule has 0 spiro atoms. The lowest BCUT2D eigenvalue weighted by Crippen LogP contribution is -2.16. The fourth-order valence-electron chi connectivity index (χ4n) is 7.02. The van der Waals surface area contributed by atoms with Crippen molar-refractivity contribution >= 4 is 17.1 Å². The molecule has 1 aliphatic carbocycles. The summed E-state index contributed by atoms with van der Waals surface area (Å²) in [6.45, 7) is 4.69. The molecule has 0 N–H and O–H groups in total. The van der Waals surface area contributed by atoms with Gasteiger partial charge in [-0.2, -0.15) is 0 Å². The van der Waals surface area contributed by atoms with Crippen LogP contribution in [-0.2, 0) is 5.41 Å². The minimum atomic E-state index is -0.0710. The van der Waals surface area contributed by atoms with E-state index in [1.165, 1.54) is 55.6 Å². The molecule has 0 amide bonds. The fraction of sp³-hybridized carbons (Fsp3) is 0.0667. The van der Waals surface area contributed by atoms with Crippen LogP contribution in [0.3, 0.4) is 0 Å². The second-order valence-electron chi connectivity index (χ2n) is 12.6. The summed E-state index contributed by atoms with van der Waals surface area (Å²) in [6.07, 6.45) is 0. The highest BCUT2D eigenvalue weighted by atomic mass is 15.1. The van der Waals surface area contributed by atoms with Crippen LogP contribution in [0.4, 0.5) is 17.1 Å². The maximum absolute atomic E-state index is 2.40. The van der Waals surface area contributed by atoms with E-state index in [9.17, 15) is 0 Å². The van der Waals surface area contributed by atoms with Crippen molar-refractivity contribution in [3.63, 3.8) is 0 Å². The van der Waals surface area contributed by atoms with E-state index < -0.39 is 0 Å². The topological polar surface area (TPSA) is 3.24 Å². The van der Waals surface area contributed by atoms with Crippen LogP contribution in [0, 0.1) is 0 Å². The first-order chi connectivity index (χ1) is 22.6. The minimum Gasteiger partial charge on any atom is -0.310 e. The van der Waals surface area contributed by atoms with Crippen LogP contribution in [0.5, 0.6) is 0 Å². The number of fused-ring (bicyclic) bond motifs is 3. The van der Waals surface area contributed by atoms with E-state index in [0.717, 1.165) is 17.1 Å². The van der Waals surface area contributed by atoms with Gasteiger partial charge in [-0.25, -0.2) is 0 Å². The summed E-state index contributed by atoms with van der Waals surface area (Å²) in [5.74, 6) is 0. The van der Waals surface area contributed by atoms with Gasteiger partial charge in [0.05, 0.1) is 0 Å². The summed E-state index contributed by atoms with van der Waals surface area (Å²) in [4.78, 5) is 2.39. The van der Waals surface area contributed by atoms with Crippen molar-refractivity contribution in [2.24, 2.45) is 0 Å². The molecule has 1 heteroatoms. The van der Waals surface area contributed by atoms with Crippen LogP contribution in [0.1, 0.15) is 25.0 Å². The largest absolute Gasteiger partial charge is 0.310 e. The van der Waals surface area contributed by atoms with Crippen molar-refractivity contribution in [3.05, 3.63) is 187 Å². The SMILES string of the molecule is CC1(C)c2ccccc2-c2ccc(N(c3ccc(-c4ccccc4)cc3)c3ccc(-c4cccc(-c5ccccc5)c4)cc3)cc21. The number of nitrogens with zero attached hydrogens (tertiary/aromatic N) is 1. The van der Waals surface area contributed by atoms with Gasteiger partial charge in [0, 0.05) is 22.5 Å². The molecule has 0 saturated heterocycles. The Bertz CT molecular complexity index is 2140. The third-order valence-electron chi connectivity index (χ3n) is 9.49. The Balaban J connectivity index is 1.20. The molecule has 1 aliphatic rings. The minimum absolute atomic E-state index is 0.0710. The second-order valence-corrected chi connectivity index (χ2v) is 12.6. The van der Waals surface area contributed by atoms with Crippen molar-refractivity contribution in [1.82, 2.24) is 0 Å². The van der Waals surface area contributed by atoms with Crippen LogP contribution in [0.15, 0.2) is 176 Å². The molecule has 0 fully saturated rings. The van der Waals surface area contributed by atoms with Crippen molar-refractivity contribution in [3.8, 4) is 44.5 Å². The molecule has 0 saturated carbocycles. The molecule has 0 atom stereocenters. The Morgan fingerprint density at radius 3 is 1.37 bits per heavy atom. The first-order valence-electron chi connectivity index (χ1n) is 16.0. The summed E-state index contributed by atoms with van der Waals surface area (Å²) < 4.78 is 0. The Labute approximate surface area is 272 Å². The Morgan fingerprint density at radius 2 is 0.761 bits per heavy atom.